The number of aromatic nitrogens is 4. The van der Waals surface area contributed by atoms with Gasteiger partial charge in [0.25, 0.3) is 5.91 Å². The van der Waals surface area contributed by atoms with Crippen LogP contribution in [0.2, 0.25) is 0 Å². The summed E-state index contributed by atoms with van der Waals surface area (Å²) in [5.74, 6) is -0.112. The molecule has 0 aliphatic carbocycles. The fourth-order valence-electron chi connectivity index (χ4n) is 2.90. The van der Waals surface area contributed by atoms with E-state index >= 15 is 0 Å². The summed E-state index contributed by atoms with van der Waals surface area (Å²) in [6.45, 7) is 2.71. The predicted molar refractivity (Wildman–Crippen MR) is 79.1 cm³/mol. The Labute approximate surface area is 128 Å². The maximum absolute atomic E-state index is 12.6. The van der Waals surface area contributed by atoms with Crippen molar-refractivity contribution in [1.29, 1.82) is 0 Å². The number of likely N-dealkylation sites (tertiary alicyclic amines) is 1. The average Bonchev–Trinajstić information content (AvgIpc) is 3.02. The number of nitrogens with zero attached hydrogens (tertiary/aromatic N) is 5. The molecule has 1 aliphatic rings. The van der Waals surface area contributed by atoms with Gasteiger partial charge in [-0.05, 0) is 19.4 Å². The third kappa shape index (κ3) is 2.85. The minimum atomic E-state index is -0.541. The summed E-state index contributed by atoms with van der Waals surface area (Å²) in [6, 6.07) is 1.77. The quantitative estimate of drug-likeness (QED) is 0.875. The zero-order chi connectivity index (χ0) is 15.7. The van der Waals surface area contributed by atoms with Gasteiger partial charge in [0.15, 0.2) is 0 Å². The second-order valence-electron chi connectivity index (χ2n) is 5.73. The first-order chi connectivity index (χ1) is 10.5. The van der Waals surface area contributed by atoms with Crippen molar-refractivity contribution in [3.63, 3.8) is 0 Å². The van der Waals surface area contributed by atoms with E-state index < -0.39 is 6.10 Å². The van der Waals surface area contributed by atoms with Crippen LogP contribution < -0.4 is 0 Å². The van der Waals surface area contributed by atoms with Crippen LogP contribution in [0.4, 0.5) is 0 Å². The van der Waals surface area contributed by atoms with Crippen molar-refractivity contribution >= 4 is 5.91 Å². The van der Waals surface area contributed by atoms with Gasteiger partial charge in [-0.2, -0.15) is 5.10 Å². The predicted octanol–water partition coefficient (Wildman–Crippen LogP) is 0.194. The van der Waals surface area contributed by atoms with Gasteiger partial charge in [-0.15, -0.1) is 0 Å². The van der Waals surface area contributed by atoms with Gasteiger partial charge in [-0.25, -0.2) is 0 Å². The minimum Gasteiger partial charge on any atom is -0.391 e. The van der Waals surface area contributed by atoms with E-state index in [1.54, 1.807) is 41.3 Å². The van der Waals surface area contributed by atoms with Gasteiger partial charge in [-0.1, -0.05) is 0 Å². The maximum Gasteiger partial charge on any atom is 0.272 e. The number of aryl methyl sites for hydroxylation is 2. The molecule has 1 amide bonds. The van der Waals surface area contributed by atoms with Crippen molar-refractivity contribution in [1.82, 2.24) is 24.6 Å². The molecular weight excluding hydrogens is 282 g/mol. The van der Waals surface area contributed by atoms with Gasteiger partial charge < -0.3 is 10.0 Å². The zero-order valence-electron chi connectivity index (χ0n) is 12.7. The highest BCUT2D eigenvalue weighted by Gasteiger charge is 2.35. The Bertz CT molecular complexity index is 670. The van der Waals surface area contributed by atoms with Gasteiger partial charge in [0, 0.05) is 44.6 Å². The fourth-order valence-corrected chi connectivity index (χ4v) is 2.90. The Morgan fingerprint density at radius 3 is 2.86 bits per heavy atom. The molecule has 3 heterocycles. The van der Waals surface area contributed by atoms with Gasteiger partial charge in [0.1, 0.15) is 5.69 Å². The van der Waals surface area contributed by atoms with Crippen LogP contribution in [-0.2, 0) is 13.5 Å². The summed E-state index contributed by atoms with van der Waals surface area (Å²) < 4.78 is 1.58. The van der Waals surface area contributed by atoms with Crippen LogP contribution in [0.15, 0.2) is 24.7 Å². The molecule has 2 aromatic heterocycles. The Kier molecular flexibility index (Phi) is 3.89. The number of aliphatic hydroxyl groups is 1. The van der Waals surface area contributed by atoms with E-state index in [-0.39, 0.29) is 11.8 Å². The molecule has 0 bridgehead atoms. The second kappa shape index (κ2) is 5.84. The van der Waals surface area contributed by atoms with Crippen LogP contribution in [-0.4, -0.2) is 54.9 Å². The molecule has 7 heteroatoms. The molecule has 0 aromatic carbocycles. The van der Waals surface area contributed by atoms with E-state index in [1.807, 2.05) is 6.92 Å². The van der Waals surface area contributed by atoms with E-state index in [4.69, 9.17) is 0 Å². The average molecular weight is 301 g/mol. The summed E-state index contributed by atoms with van der Waals surface area (Å²) >= 11 is 0. The molecule has 1 aliphatic heterocycles. The number of β-amino-alcohol motifs (C(OH)–C–C–N with tert-alkyl or cyclic N) is 1. The van der Waals surface area contributed by atoms with Crippen molar-refractivity contribution < 1.29 is 9.90 Å². The largest absolute Gasteiger partial charge is 0.391 e. The molecular formula is C15H19N5O2. The lowest BCUT2D eigenvalue weighted by atomic mass is 10.0. The van der Waals surface area contributed by atoms with Gasteiger partial charge in [0.05, 0.1) is 17.5 Å². The highest BCUT2D eigenvalue weighted by Crippen LogP contribution is 2.22. The molecule has 2 aromatic rings. The topological polar surface area (TPSA) is 84.1 Å². The Balaban J connectivity index is 1.70. The van der Waals surface area contributed by atoms with E-state index in [9.17, 15) is 9.90 Å². The molecule has 0 spiro atoms. The van der Waals surface area contributed by atoms with E-state index in [2.05, 4.69) is 15.1 Å². The minimum absolute atomic E-state index is 0.0185. The van der Waals surface area contributed by atoms with Crippen molar-refractivity contribution in [3.8, 4) is 0 Å². The van der Waals surface area contributed by atoms with Gasteiger partial charge in [0.2, 0.25) is 0 Å². The van der Waals surface area contributed by atoms with Gasteiger partial charge in [-0.3, -0.25) is 19.4 Å². The highest BCUT2D eigenvalue weighted by molar-refractivity contribution is 5.93. The molecule has 1 fully saturated rings. The third-order valence-corrected chi connectivity index (χ3v) is 4.00. The van der Waals surface area contributed by atoms with E-state index in [1.165, 1.54) is 0 Å². The second-order valence-corrected chi connectivity index (χ2v) is 5.73. The van der Waals surface area contributed by atoms with Crippen LogP contribution in [0.5, 0.6) is 0 Å². The molecule has 1 saturated heterocycles. The van der Waals surface area contributed by atoms with Crippen LogP contribution in [0.25, 0.3) is 0 Å². The molecule has 116 valence electrons. The molecule has 0 radical (unpaired) electrons. The Morgan fingerprint density at radius 1 is 1.41 bits per heavy atom. The lowest BCUT2D eigenvalue weighted by Gasteiger charge is -2.15. The first-order valence-corrected chi connectivity index (χ1v) is 7.27. The van der Waals surface area contributed by atoms with Crippen molar-refractivity contribution in [2.45, 2.75) is 19.4 Å². The van der Waals surface area contributed by atoms with Crippen LogP contribution in [0.3, 0.4) is 0 Å². The number of hydrogen-bond donors (Lipinski definition) is 1. The lowest BCUT2D eigenvalue weighted by molar-refractivity contribution is 0.0754. The lowest BCUT2D eigenvalue weighted by Crippen LogP contribution is -2.31. The normalized spacial score (nSPS) is 21.3. The van der Waals surface area contributed by atoms with E-state index in [0.29, 0.717) is 25.2 Å². The highest BCUT2D eigenvalue weighted by atomic mass is 16.3. The SMILES string of the molecule is Cc1cc(C(=O)N2C[C@@H](Cc3cnccn3)[C@H](O)C2)n(C)n1. The van der Waals surface area contributed by atoms with Crippen LogP contribution in [0, 0.1) is 12.8 Å². The first-order valence-electron chi connectivity index (χ1n) is 7.27. The number of rotatable bonds is 3. The maximum atomic E-state index is 12.6. The summed E-state index contributed by atoms with van der Waals surface area (Å²) in [5, 5.41) is 14.4. The molecule has 0 unspecified atom stereocenters. The smallest absolute Gasteiger partial charge is 0.272 e. The molecule has 7 nitrogen and oxygen atoms in total. The summed E-state index contributed by atoms with van der Waals surface area (Å²) in [5.41, 5.74) is 2.18. The number of amides is 1. The van der Waals surface area contributed by atoms with Gasteiger partial charge >= 0.3 is 0 Å². The molecule has 3 rings (SSSR count). The third-order valence-electron chi connectivity index (χ3n) is 4.00. The number of hydrogen-bond acceptors (Lipinski definition) is 5. The van der Waals surface area contributed by atoms with Crippen LogP contribution >= 0.6 is 0 Å². The summed E-state index contributed by atoms with van der Waals surface area (Å²) in [6.07, 6.45) is 5.03. The number of carbonyl (C=O) groups excluding carboxylic acids is 1. The van der Waals surface area contributed by atoms with Crippen molar-refractivity contribution in [2.75, 3.05) is 13.1 Å². The molecule has 1 N–H and O–H groups in total. The first kappa shape index (κ1) is 14.6. The summed E-state index contributed by atoms with van der Waals surface area (Å²) in [4.78, 5) is 22.5. The Morgan fingerprint density at radius 2 is 2.23 bits per heavy atom. The van der Waals surface area contributed by atoms with Crippen molar-refractivity contribution in [3.05, 3.63) is 41.7 Å². The fraction of sp³-hybridized carbons (Fsp3) is 0.467. The molecule has 2 atom stereocenters. The monoisotopic (exact) mass is 301 g/mol. The molecule has 22 heavy (non-hydrogen) atoms. The van der Waals surface area contributed by atoms with E-state index in [0.717, 1.165) is 11.4 Å². The Hall–Kier alpha value is -2.28. The zero-order valence-corrected chi connectivity index (χ0v) is 12.7. The van der Waals surface area contributed by atoms with Crippen LogP contribution in [0.1, 0.15) is 21.9 Å². The number of carbonyl (C=O) groups is 1. The summed E-state index contributed by atoms with van der Waals surface area (Å²) in [7, 11) is 1.75. The molecule has 0 saturated carbocycles. The number of aliphatic hydroxyl groups excluding tert-OH is 1. The van der Waals surface area contributed by atoms with Crippen molar-refractivity contribution in [2.24, 2.45) is 13.0 Å². The standard InChI is InChI=1S/C15H19N5O2/c1-10-5-13(19(2)18-10)15(22)20-8-11(14(21)9-20)6-12-7-16-3-4-17-12/h3-5,7,11,14,21H,6,8-9H2,1-2H3/t11-,14-/m1/s1.